The molecule has 2 aromatic rings. The van der Waals surface area contributed by atoms with E-state index in [1.165, 1.54) is 0 Å². The first-order valence-electron chi connectivity index (χ1n) is 7.11. The quantitative estimate of drug-likeness (QED) is 0.860. The first kappa shape index (κ1) is 15.8. The molecule has 0 amide bonds. The maximum absolute atomic E-state index is 13.3. The van der Waals surface area contributed by atoms with Gasteiger partial charge in [-0.3, -0.25) is 4.57 Å². The minimum absolute atomic E-state index is 0.462. The molecule has 0 radical (unpaired) electrons. The van der Waals surface area contributed by atoms with Crippen LogP contribution in [0.15, 0.2) is 48.5 Å². The predicted molar refractivity (Wildman–Crippen MR) is 87.9 cm³/mol. The normalized spacial score (nSPS) is 14.0. The van der Waals surface area contributed by atoms with E-state index in [9.17, 15) is 4.57 Å². The Morgan fingerprint density at radius 3 is 1.86 bits per heavy atom. The van der Waals surface area contributed by atoms with Gasteiger partial charge in [0.05, 0.1) is 19.4 Å². The summed E-state index contributed by atoms with van der Waals surface area (Å²) in [5.41, 5.74) is 2.31. The standard InChI is InChI=1S/C17H22NO2P/c1-14-5-9-16(10-6-14)20-21(19,13-18(3)4)17-11-7-15(2)8-12-17/h5-12H,13H2,1-4H3/p+1. The zero-order chi connectivity index (χ0) is 15.5. The van der Waals surface area contributed by atoms with E-state index >= 15 is 0 Å². The van der Waals surface area contributed by atoms with Gasteiger partial charge in [-0.25, -0.2) is 0 Å². The average molecular weight is 304 g/mol. The molecule has 21 heavy (non-hydrogen) atoms. The number of nitrogens with one attached hydrogen (secondary N) is 1. The molecule has 1 atom stereocenters. The van der Waals surface area contributed by atoms with Gasteiger partial charge in [-0.15, -0.1) is 0 Å². The second kappa shape index (κ2) is 6.46. The van der Waals surface area contributed by atoms with E-state index in [1.807, 2.05) is 76.5 Å². The third-order valence-electron chi connectivity index (χ3n) is 3.23. The van der Waals surface area contributed by atoms with Crippen molar-refractivity contribution in [2.45, 2.75) is 13.8 Å². The molecule has 1 unspecified atom stereocenters. The van der Waals surface area contributed by atoms with Crippen molar-refractivity contribution in [3.8, 4) is 5.75 Å². The lowest BCUT2D eigenvalue weighted by Gasteiger charge is -2.21. The molecule has 0 aliphatic carbocycles. The van der Waals surface area contributed by atoms with Crippen molar-refractivity contribution in [1.29, 1.82) is 0 Å². The highest BCUT2D eigenvalue weighted by molar-refractivity contribution is 7.67. The van der Waals surface area contributed by atoms with Crippen LogP contribution in [0.4, 0.5) is 0 Å². The minimum atomic E-state index is -2.92. The minimum Gasteiger partial charge on any atom is -0.436 e. The SMILES string of the molecule is Cc1ccc(OP(=O)(C[NH+](C)C)c2ccc(C)cc2)cc1. The van der Waals surface area contributed by atoms with E-state index in [0.717, 1.165) is 21.3 Å². The highest BCUT2D eigenvalue weighted by Crippen LogP contribution is 2.44. The summed E-state index contributed by atoms with van der Waals surface area (Å²) in [5.74, 6) is 0.658. The fourth-order valence-electron chi connectivity index (χ4n) is 2.13. The molecule has 0 aliphatic rings. The Kier molecular flexibility index (Phi) is 4.87. The summed E-state index contributed by atoms with van der Waals surface area (Å²) in [7, 11) is 1.05. The highest BCUT2D eigenvalue weighted by Gasteiger charge is 2.31. The van der Waals surface area contributed by atoms with Crippen molar-refractivity contribution in [3.63, 3.8) is 0 Å². The van der Waals surface area contributed by atoms with Gasteiger partial charge >= 0.3 is 7.37 Å². The van der Waals surface area contributed by atoms with Gasteiger partial charge in [0, 0.05) is 0 Å². The number of quaternary nitrogens is 1. The third kappa shape index (κ3) is 4.20. The lowest BCUT2D eigenvalue weighted by molar-refractivity contribution is -0.845. The Labute approximate surface area is 127 Å². The number of rotatable bonds is 5. The Bertz CT molecular complexity index is 633. The lowest BCUT2D eigenvalue weighted by atomic mass is 10.2. The Morgan fingerprint density at radius 1 is 0.905 bits per heavy atom. The monoisotopic (exact) mass is 304 g/mol. The molecule has 0 saturated heterocycles. The van der Waals surface area contributed by atoms with Crippen LogP contribution in [0.3, 0.4) is 0 Å². The molecular weight excluding hydrogens is 281 g/mol. The molecule has 2 rings (SSSR count). The van der Waals surface area contributed by atoms with Crippen molar-refractivity contribution in [3.05, 3.63) is 59.7 Å². The van der Waals surface area contributed by atoms with Crippen LogP contribution in [0, 0.1) is 13.8 Å². The molecule has 0 saturated carbocycles. The van der Waals surface area contributed by atoms with E-state index in [1.54, 1.807) is 0 Å². The molecule has 0 aromatic heterocycles. The van der Waals surface area contributed by atoms with Crippen molar-refractivity contribution >= 4 is 12.7 Å². The van der Waals surface area contributed by atoms with Crippen LogP contribution in [0.25, 0.3) is 0 Å². The highest BCUT2D eigenvalue weighted by atomic mass is 31.2. The molecule has 1 N–H and O–H groups in total. The van der Waals surface area contributed by atoms with Gasteiger partial charge < -0.3 is 9.42 Å². The number of benzene rings is 2. The van der Waals surface area contributed by atoms with Gasteiger partial charge in [-0.1, -0.05) is 35.4 Å². The molecule has 4 heteroatoms. The fraction of sp³-hybridized carbons (Fsp3) is 0.294. The van der Waals surface area contributed by atoms with Crippen LogP contribution in [-0.2, 0) is 4.57 Å². The van der Waals surface area contributed by atoms with E-state index < -0.39 is 7.37 Å². The summed E-state index contributed by atoms with van der Waals surface area (Å²) in [6, 6.07) is 15.5. The second-order valence-electron chi connectivity index (χ2n) is 5.78. The second-order valence-corrected chi connectivity index (χ2v) is 8.14. The van der Waals surface area contributed by atoms with Crippen molar-refractivity contribution < 1.29 is 14.0 Å². The summed E-state index contributed by atoms with van der Waals surface area (Å²) in [6.45, 7) is 4.04. The maximum atomic E-state index is 13.3. The van der Waals surface area contributed by atoms with Crippen LogP contribution >= 0.6 is 7.37 Å². The Morgan fingerprint density at radius 2 is 1.38 bits per heavy atom. The first-order valence-corrected chi connectivity index (χ1v) is 8.92. The van der Waals surface area contributed by atoms with Crippen molar-refractivity contribution in [2.24, 2.45) is 0 Å². The lowest BCUT2D eigenvalue weighted by Crippen LogP contribution is -3.05. The Balaban J connectivity index is 2.34. The van der Waals surface area contributed by atoms with Crippen LogP contribution in [0.5, 0.6) is 5.75 Å². The van der Waals surface area contributed by atoms with Crippen LogP contribution in [0.2, 0.25) is 0 Å². The zero-order valence-electron chi connectivity index (χ0n) is 13.1. The molecule has 112 valence electrons. The van der Waals surface area contributed by atoms with Gasteiger partial charge in [-0.05, 0) is 38.1 Å². The zero-order valence-corrected chi connectivity index (χ0v) is 14.0. The van der Waals surface area contributed by atoms with Crippen molar-refractivity contribution in [1.82, 2.24) is 0 Å². The van der Waals surface area contributed by atoms with Gasteiger partial charge in [0.2, 0.25) is 0 Å². The topological polar surface area (TPSA) is 30.7 Å². The van der Waals surface area contributed by atoms with Gasteiger partial charge in [0.25, 0.3) is 0 Å². The Hall–Kier alpha value is -1.57. The van der Waals surface area contributed by atoms with Crippen LogP contribution < -0.4 is 14.7 Å². The van der Waals surface area contributed by atoms with Crippen LogP contribution in [-0.4, -0.2) is 20.4 Å². The van der Waals surface area contributed by atoms with E-state index in [-0.39, 0.29) is 0 Å². The molecule has 0 aliphatic heterocycles. The van der Waals surface area contributed by atoms with E-state index in [0.29, 0.717) is 12.0 Å². The molecule has 0 spiro atoms. The average Bonchev–Trinajstić information content (AvgIpc) is 2.41. The third-order valence-corrected chi connectivity index (χ3v) is 5.87. The summed E-state index contributed by atoms with van der Waals surface area (Å²) in [4.78, 5) is 1.10. The maximum Gasteiger partial charge on any atom is 0.329 e. The first-order chi connectivity index (χ1) is 9.89. The van der Waals surface area contributed by atoms with Crippen molar-refractivity contribution in [2.75, 3.05) is 20.4 Å². The summed E-state index contributed by atoms with van der Waals surface area (Å²) in [5, 5.41) is 0.773. The molecule has 3 nitrogen and oxygen atoms in total. The molecule has 0 bridgehead atoms. The molecular formula is C17H23NO2P+. The molecule has 0 heterocycles. The number of hydrogen-bond acceptors (Lipinski definition) is 2. The molecule has 2 aromatic carbocycles. The smallest absolute Gasteiger partial charge is 0.329 e. The van der Waals surface area contributed by atoms with E-state index in [4.69, 9.17) is 4.52 Å². The van der Waals surface area contributed by atoms with E-state index in [2.05, 4.69) is 0 Å². The molecule has 0 fully saturated rings. The van der Waals surface area contributed by atoms with Gasteiger partial charge in [0.1, 0.15) is 5.75 Å². The van der Waals surface area contributed by atoms with Crippen LogP contribution in [0.1, 0.15) is 11.1 Å². The summed E-state index contributed by atoms with van der Waals surface area (Å²) in [6.07, 6.45) is 0.462. The fourth-order valence-corrected chi connectivity index (χ4v) is 4.38. The number of hydrogen-bond donors (Lipinski definition) is 1. The largest absolute Gasteiger partial charge is 0.436 e. The van der Waals surface area contributed by atoms with Gasteiger partial charge in [0.15, 0.2) is 6.29 Å². The van der Waals surface area contributed by atoms with Gasteiger partial charge in [-0.2, -0.15) is 0 Å². The predicted octanol–water partition coefficient (Wildman–Crippen LogP) is 2.39. The summed E-state index contributed by atoms with van der Waals surface area (Å²) >= 11 is 0. The summed E-state index contributed by atoms with van der Waals surface area (Å²) < 4.78 is 19.3. The number of aryl methyl sites for hydroxylation is 2.